The van der Waals surface area contributed by atoms with Gasteiger partial charge in [-0.3, -0.25) is 0 Å². The fourth-order valence-electron chi connectivity index (χ4n) is 3.57. The van der Waals surface area contributed by atoms with E-state index >= 15 is 0 Å². The van der Waals surface area contributed by atoms with Gasteiger partial charge >= 0.3 is 0 Å². The van der Waals surface area contributed by atoms with Crippen LogP contribution < -0.4 is 0 Å². The van der Waals surface area contributed by atoms with Crippen LogP contribution in [0.15, 0.2) is 0 Å². The van der Waals surface area contributed by atoms with Gasteiger partial charge in [0.05, 0.1) is 6.10 Å². The summed E-state index contributed by atoms with van der Waals surface area (Å²) in [6.07, 6.45) is 11.2. The third kappa shape index (κ3) is 4.28. The Morgan fingerprint density at radius 3 is 2.47 bits per heavy atom. The zero-order chi connectivity index (χ0) is 13.6. The summed E-state index contributed by atoms with van der Waals surface area (Å²) in [5.74, 6) is 0. The number of aldehydes is 1. The maximum absolute atomic E-state index is 11.7. The largest absolute Gasteiger partial charge is 0.377 e. The number of likely N-dealkylation sites (N-methyl/N-ethyl adjacent to an activating group) is 1. The van der Waals surface area contributed by atoms with Crippen LogP contribution in [0.5, 0.6) is 0 Å². The van der Waals surface area contributed by atoms with Crippen molar-refractivity contribution in [3.63, 3.8) is 0 Å². The Balaban J connectivity index is 1.91. The first-order valence-corrected chi connectivity index (χ1v) is 8.08. The molecule has 1 atom stereocenters. The number of hydrogen-bond acceptors (Lipinski definition) is 3. The molecule has 1 saturated heterocycles. The fraction of sp³-hybridized carbons (Fsp3) is 0.938. The Hall–Kier alpha value is -0.410. The van der Waals surface area contributed by atoms with Gasteiger partial charge < -0.3 is 14.4 Å². The number of carbonyl (C=O) groups excluding carboxylic acids is 1. The van der Waals surface area contributed by atoms with Crippen LogP contribution in [-0.2, 0) is 9.53 Å². The average molecular weight is 267 g/mol. The van der Waals surface area contributed by atoms with Gasteiger partial charge in [0.25, 0.3) is 0 Å². The minimum atomic E-state index is -0.0783. The molecule has 0 N–H and O–H groups in total. The molecule has 1 heterocycles. The highest BCUT2D eigenvalue weighted by Crippen LogP contribution is 2.34. The molecule has 2 aliphatic rings. The molecule has 2 fully saturated rings. The Labute approximate surface area is 117 Å². The lowest BCUT2D eigenvalue weighted by Crippen LogP contribution is -2.42. The van der Waals surface area contributed by atoms with Crippen LogP contribution in [0.3, 0.4) is 0 Å². The predicted octanol–water partition coefficient (Wildman–Crippen LogP) is 3.03. The van der Waals surface area contributed by atoms with Gasteiger partial charge in [-0.15, -0.1) is 0 Å². The molecule has 2 rings (SSSR count). The summed E-state index contributed by atoms with van der Waals surface area (Å²) in [6, 6.07) is 0. The average Bonchev–Trinajstić information content (AvgIpc) is 2.83. The van der Waals surface area contributed by atoms with Crippen LogP contribution in [0.25, 0.3) is 0 Å². The fourth-order valence-corrected chi connectivity index (χ4v) is 3.57. The molecule has 0 radical (unpaired) electrons. The molecule has 1 aliphatic heterocycles. The van der Waals surface area contributed by atoms with E-state index in [1.54, 1.807) is 0 Å². The maximum Gasteiger partial charge on any atom is 0.127 e. The number of hydrogen-bond donors (Lipinski definition) is 0. The molecule has 110 valence electrons. The minimum absolute atomic E-state index is 0.0783. The lowest BCUT2D eigenvalue weighted by molar-refractivity contribution is -0.118. The van der Waals surface area contributed by atoms with Gasteiger partial charge in [-0.1, -0.05) is 32.6 Å². The van der Waals surface area contributed by atoms with Crippen molar-refractivity contribution in [1.29, 1.82) is 0 Å². The second-order valence-corrected chi connectivity index (χ2v) is 6.36. The van der Waals surface area contributed by atoms with E-state index in [4.69, 9.17) is 4.74 Å². The molecule has 3 heteroatoms. The maximum atomic E-state index is 11.7. The van der Waals surface area contributed by atoms with Gasteiger partial charge in [0.2, 0.25) is 0 Å². The zero-order valence-electron chi connectivity index (χ0n) is 12.4. The topological polar surface area (TPSA) is 29.5 Å². The molecule has 1 saturated carbocycles. The highest BCUT2D eigenvalue weighted by Gasteiger charge is 2.33. The van der Waals surface area contributed by atoms with Crippen LogP contribution in [0.2, 0.25) is 0 Å². The number of ether oxygens (including phenoxy) is 1. The van der Waals surface area contributed by atoms with Gasteiger partial charge in [0.15, 0.2) is 0 Å². The van der Waals surface area contributed by atoms with Crippen molar-refractivity contribution in [2.24, 2.45) is 5.41 Å². The first-order valence-electron chi connectivity index (χ1n) is 8.08. The van der Waals surface area contributed by atoms with E-state index in [0.717, 1.165) is 39.1 Å². The molecule has 1 aliphatic carbocycles. The van der Waals surface area contributed by atoms with Crippen molar-refractivity contribution in [1.82, 2.24) is 4.90 Å². The van der Waals surface area contributed by atoms with E-state index in [2.05, 4.69) is 11.8 Å². The van der Waals surface area contributed by atoms with Crippen LogP contribution in [0.1, 0.15) is 58.3 Å². The van der Waals surface area contributed by atoms with Crippen molar-refractivity contribution in [2.75, 3.05) is 26.2 Å². The molecule has 0 aromatic carbocycles. The summed E-state index contributed by atoms with van der Waals surface area (Å²) >= 11 is 0. The molecular formula is C16H29NO2. The molecule has 0 aromatic rings. The SMILES string of the molecule is CCN(CC1CCCO1)CC1(C=O)CCCCCC1. The normalized spacial score (nSPS) is 27.4. The third-order valence-corrected chi connectivity index (χ3v) is 4.82. The number of carbonyl (C=O) groups is 1. The summed E-state index contributed by atoms with van der Waals surface area (Å²) in [5.41, 5.74) is -0.0783. The third-order valence-electron chi connectivity index (χ3n) is 4.82. The molecular weight excluding hydrogens is 238 g/mol. The summed E-state index contributed by atoms with van der Waals surface area (Å²) < 4.78 is 5.74. The second-order valence-electron chi connectivity index (χ2n) is 6.36. The van der Waals surface area contributed by atoms with Crippen molar-refractivity contribution >= 4 is 6.29 Å². The van der Waals surface area contributed by atoms with Crippen molar-refractivity contribution in [3.05, 3.63) is 0 Å². The molecule has 0 aromatic heterocycles. The predicted molar refractivity (Wildman–Crippen MR) is 77.3 cm³/mol. The van der Waals surface area contributed by atoms with Gasteiger partial charge in [0, 0.05) is 25.1 Å². The number of nitrogens with zero attached hydrogens (tertiary/aromatic N) is 1. The van der Waals surface area contributed by atoms with E-state index in [0.29, 0.717) is 6.10 Å². The first kappa shape index (κ1) is 15.0. The molecule has 0 spiro atoms. The van der Waals surface area contributed by atoms with Crippen LogP contribution in [0.4, 0.5) is 0 Å². The van der Waals surface area contributed by atoms with E-state index in [1.165, 1.54) is 44.8 Å². The summed E-state index contributed by atoms with van der Waals surface area (Å²) in [7, 11) is 0. The summed E-state index contributed by atoms with van der Waals surface area (Å²) in [5, 5.41) is 0. The van der Waals surface area contributed by atoms with Gasteiger partial charge in [-0.25, -0.2) is 0 Å². The van der Waals surface area contributed by atoms with Gasteiger partial charge in [0.1, 0.15) is 6.29 Å². The smallest absolute Gasteiger partial charge is 0.127 e. The van der Waals surface area contributed by atoms with Crippen molar-refractivity contribution in [2.45, 2.75) is 64.4 Å². The Kier molecular flexibility index (Phi) is 5.83. The number of rotatable bonds is 6. The highest BCUT2D eigenvalue weighted by atomic mass is 16.5. The van der Waals surface area contributed by atoms with E-state index < -0.39 is 0 Å². The zero-order valence-corrected chi connectivity index (χ0v) is 12.4. The van der Waals surface area contributed by atoms with E-state index in [-0.39, 0.29) is 5.41 Å². The highest BCUT2D eigenvalue weighted by molar-refractivity contribution is 5.59. The molecule has 3 nitrogen and oxygen atoms in total. The standard InChI is InChI=1S/C16H29NO2/c1-2-17(12-15-8-7-11-19-15)13-16(14-18)9-5-3-4-6-10-16/h14-15H,2-13H2,1H3. The van der Waals surface area contributed by atoms with Gasteiger partial charge in [-0.05, 0) is 32.2 Å². The summed E-state index contributed by atoms with van der Waals surface area (Å²) in [4.78, 5) is 14.1. The second kappa shape index (κ2) is 7.39. The van der Waals surface area contributed by atoms with Crippen LogP contribution in [0, 0.1) is 5.41 Å². The quantitative estimate of drug-likeness (QED) is 0.547. The Bertz CT molecular complexity index is 266. The van der Waals surface area contributed by atoms with Crippen LogP contribution >= 0.6 is 0 Å². The van der Waals surface area contributed by atoms with Crippen molar-refractivity contribution < 1.29 is 9.53 Å². The first-order chi connectivity index (χ1) is 9.28. The molecule has 19 heavy (non-hydrogen) atoms. The minimum Gasteiger partial charge on any atom is -0.377 e. The molecule has 0 amide bonds. The molecule has 0 bridgehead atoms. The van der Waals surface area contributed by atoms with Gasteiger partial charge in [-0.2, -0.15) is 0 Å². The lowest BCUT2D eigenvalue weighted by atomic mass is 9.81. The Morgan fingerprint density at radius 1 is 1.21 bits per heavy atom. The van der Waals surface area contributed by atoms with Crippen LogP contribution in [-0.4, -0.2) is 43.5 Å². The monoisotopic (exact) mass is 267 g/mol. The van der Waals surface area contributed by atoms with Crippen molar-refractivity contribution in [3.8, 4) is 0 Å². The van der Waals surface area contributed by atoms with E-state index in [1.807, 2.05) is 0 Å². The summed E-state index contributed by atoms with van der Waals surface area (Å²) in [6.45, 7) is 6.08. The lowest BCUT2D eigenvalue weighted by Gasteiger charge is -2.34. The Morgan fingerprint density at radius 2 is 1.95 bits per heavy atom. The van der Waals surface area contributed by atoms with E-state index in [9.17, 15) is 4.79 Å². The molecule has 1 unspecified atom stereocenters.